The van der Waals surface area contributed by atoms with E-state index in [0.29, 0.717) is 17.8 Å². The minimum atomic E-state index is -0.140. The smallest absolute Gasteiger partial charge is 0.257 e. The summed E-state index contributed by atoms with van der Waals surface area (Å²) in [7, 11) is 0. The van der Waals surface area contributed by atoms with Gasteiger partial charge in [-0.15, -0.1) is 10.2 Å². The van der Waals surface area contributed by atoms with Crippen LogP contribution in [-0.2, 0) is 19.4 Å². The normalized spacial score (nSPS) is 17.2. The summed E-state index contributed by atoms with van der Waals surface area (Å²) in [6.45, 7) is 2.77. The lowest BCUT2D eigenvalue weighted by Gasteiger charge is -2.25. The number of aryl methyl sites for hydroxylation is 2. The van der Waals surface area contributed by atoms with Crippen molar-refractivity contribution in [2.75, 3.05) is 0 Å². The number of carbonyl (C=O) groups excluding carboxylic acids is 1. The molecule has 0 radical (unpaired) electrons. The van der Waals surface area contributed by atoms with E-state index in [4.69, 9.17) is 0 Å². The van der Waals surface area contributed by atoms with Gasteiger partial charge in [0.2, 0.25) is 0 Å². The van der Waals surface area contributed by atoms with Crippen molar-refractivity contribution in [1.82, 2.24) is 34.7 Å². The molecule has 3 aromatic rings. The standard InChI is InChI=1S/C15H17N7O/c1-2-12-19-20-13-5-4-10(9-21(12)13)18-15(23)11-8-17-22-7-3-6-16-14(11)22/h3,6-8,10H,2,4-5,9H2,1H3,(H,18,23). The van der Waals surface area contributed by atoms with Crippen LogP contribution in [0, 0.1) is 0 Å². The first-order valence-electron chi connectivity index (χ1n) is 7.76. The van der Waals surface area contributed by atoms with Crippen LogP contribution in [-0.4, -0.2) is 41.3 Å². The fourth-order valence-electron chi connectivity index (χ4n) is 3.01. The zero-order valence-corrected chi connectivity index (χ0v) is 12.8. The molecule has 4 rings (SSSR count). The number of carbonyl (C=O) groups is 1. The molecule has 1 aliphatic heterocycles. The molecule has 1 aliphatic rings. The van der Waals surface area contributed by atoms with Gasteiger partial charge in [0, 0.05) is 37.8 Å². The summed E-state index contributed by atoms with van der Waals surface area (Å²) >= 11 is 0. The van der Waals surface area contributed by atoms with Crippen LogP contribution in [0.1, 0.15) is 35.4 Å². The lowest BCUT2D eigenvalue weighted by Crippen LogP contribution is -2.41. The second-order valence-corrected chi connectivity index (χ2v) is 5.65. The largest absolute Gasteiger partial charge is 0.347 e. The van der Waals surface area contributed by atoms with E-state index < -0.39 is 0 Å². The summed E-state index contributed by atoms with van der Waals surface area (Å²) in [5.41, 5.74) is 1.07. The fraction of sp³-hybridized carbons (Fsp3) is 0.400. The van der Waals surface area contributed by atoms with Crippen molar-refractivity contribution in [3.63, 3.8) is 0 Å². The molecule has 0 spiro atoms. The number of aromatic nitrogens is 6. The second-order valence-electron chi connectivity index (χ2n) is 5.65. The van der Waals surface area contributed by atoms with Crippen molar-refractivity contribution in [1.29, 1.82) is 0 Å². The molecule has 0 aromatic carbocycles. The summed E-state index contributed by atoms with van der Waals surface area (Å²) in [6, 6.07) is 1.85. The Morgan fingerprint density at radius 3 is 3.22 bits per heavy atom. The molecule has 1 N–H and O–H groups in total. The van der Waals surface area contributed by atoms with Crippen LogP contribution in [0.3, 0.4) is 0 Å². The maximum Gasteiger partial charge on any atom is 0.257 e. The van der Waals surface area contributed by atoms with E-state index >= 15 is 0 Å². The van der Waals surface area contributed by atoms with Gasteiger partial charge in [-0.25, -0.2) is 9.50 Å². The molecule has 1 unspecified atom stereocenters. The maximum absolute atomic E-state index is 12.5. The Bertz CT molecular complexity index is 852. The highest BCUT2D eigenvalue weighted by Gasteiger charge is 2.25. The van der Waals surface area contributed by atoms with Crippen LogP contribution >= 0.6 is 0 Å². The number of nitrogens with zero attached hydrogens (tertiary/aromatic N) is 6. The van der Waals surface area contributed by atoms with E-state index in [0.717, 1.165) is 30.9 Å². The van der Waals surface area contributed by atoms with Gasteiger partial charge in [-0.1, -0.05) is 6.92 Å². The minimum Gasteiger partial charge on any atom is -0.347 e. The molecular formula is C15H17N7O. The zero-order valence-electron chi connectivity index (χ0n) is 12.8. The Morgan fingerprint density at radius 1 is 1.43 bits per heavy atom. The lowest BCUT2D eigenvalue weighted by molar-refractivity contribution is 0.0928. The number of hydrogen-bond acceptors (Lipinski definition) is 5. The van der Waals surface area contributed by atoms with E-state index in [9.17, 15) is 4.79 Å². The number of fused-ring (bicyclic) bond motifs is 2. The van der Waals surface area contributed by atoms with Crippen LogP contribution in [0.4, 0.5) is 0 Å². The van der Waals surface area contributed by atoms with Crippen LogP contribution in [0.5, 0.6) is 0 Å². The Balaban J connectivity index is 1.53. The van der Waals surface area contributed by atoms with Crippen LogP contribution < -0.4 is 5.32 Å². The van der Waals surface area contributed by atoms with E-state index in [1.807, 2.05) is 0 Å². The predicted molar refractivity (Wildman–Crippen MR) is 82.0 cm³/mol. The summed E-state index contributed by atoms with van der Waals surface area (Å²) in [6.07, 6.45) is 7.51. The summed E-state index contributed by atoms with van der Waals surface area (Å²) < 4.78 is 3.71. The van der Waals surface area contributed by atoms with Crippen molar-refractivity contribution in [3.8, 4) is 0 Å². The molecule has 23 heavy (non-hydrogen) atoms. The summed E-state index contributed by atoms with van der Waals surface area (Å²) in [4.78, 5) is 16.8. The second kappa shape index (κ2) is 5.45. The molecule has 0 aliphatic carbocycles. The van der Waals surface area contributed by atoms with Gasteiger partial charge in [-0.05, 0) is 12.5 Å². The fourth-order valence-corrected chi connectivity index (χ4v) is 3.01. The van der Waals surface area contributed by atoms with Gasteiger partial charge in [0.1, 0.15) is 17.2 Å². The molecule has 0 saturated carbocycles. The van der Waals surface area contributed by atoms with Crippen LogP contribution in [0.2, 0.25) is 0 Å². The van der Waals surface area contributed by atoms with E-state index in [-0.39, 0.29) is 11.9 Å². The van der Waals surface area contributed by atoms with Crippen molar-refractivity contribution < 1.29 is 4.79 Å². The molecule has 0 bridgehead atoms. The van der Waals surface area contributed by atoms with Crippen LogP contribution in [0.15, 0.2) is 24.7 Å². The maximum atomic E-state index is 12.5. The first-order valence-corrected chi connectivity index (χ1v) is 7.76. The molecule has 1 atom stereocenters. The molecule has 0 fully saturated rings. The zero-order chi connectivity index (χ0) is 15.8. The SMILES string of the molecule is CCc1nnc2n1CC(NC(=O)c1cnn3cccnc13)CC2. The van der Waals surface area contributed by atoms with E-state index in [1.165, 1.54) is 0 Å². The highest BCUT2D eigenvalue weighted by atomic mass is 16.1. The Labute approximate surface area is 132 Å². The molecule has 1 amide bonds. The number of nitrogens with one attached hydrogen (secondary N) is 1. The Kier molecular flexibility index (Phi) is 3.29. The highest BCUT2D eigenvalue weighted by molar-refractivity contribution is 5.99. The molecule has 4 heterocycles. The van der Waals surface area contributed by atoms with Gasteiger partial charge in [0.05, 0.1) is 6.20 Å². The van der Waals surface area contributed by atoms with Crippen molar-refractivity contribution in [3.05, 3.63) is 41.9 Å². The summed E-state index contributed by atoms with van der Waals surface area (Å²) in [5, 5.41) is 15.6. The monoisotopic (exact) mass is 311 g/mol. The van der Waals surface area contributed by atoms with Gasteiger partial charge >= 0.3 is 0 Å². The van der Waals surface area contributed by atoms with Crippen molar-refractivity contribution >= 4 is 11.6 Å². The van der Waals surface area contributed by atoms with Crippen molar-refractivity contribution in [2.45, 2.75) is 38.8 Å². The van der Waals surface area contributed by atoms with Crippen LogP contribution in [0.25, 0.3) is 5.65 Å². The summed E-state index contributed by atoms with van der Waals surface area (Å²) in [5.74, 6) is 1.83. The predicted octanol–water partition coefficient (Wildman–Crippen LogP) is 0.628. The van der Waals surface area contributed by atoms with Gasteiger partial charge in [0.15, 0.2) is 5.65 Å². The number of hydrogen-bond donors (Lipinski definition) is 1. The van der Waals surface area contributed by atoms with Gasteiger partial charge < -0.3 is 9.88 Å². The topological polar surface area (TPSA) is 90.0 Å². The molecule has 3 aromatic heterocycles. The van der Waals surface area contributed by atoms with Gasteiger partial charge in [-0.3, -0.25) is 4.79 Å². The molecular weight excluding hydrogens is 294 g/mol. The van der Waals surface area contributed by atoms with Gasteiger partial charge in [-0.2, -0.15) is 5.10 Å². The van der Waals surface area contributed by atoms with E-state index in [2.05, 4.69) is 37.1 Å². The third-order valence-corrected chi connectivity index (χ3v) is 4.20. The third kappa shape index (κ3) is 2.36. The number of rotatable bonds is 3. The van der Waals surface area contributed by atoms with E-state index in [1.54, 1.807) is 29.2 Å². The number of amides is 1. The highest BCUT2D eigenvalue weighted by Crippen LogP contribution is 2.16. The first-order chi connectivity index (χ1) is 11.3. The third-order valence-electron chi connectivity index (χ3n) is 4.20. The Hall–Kier alpha value is -2.77. The molecule has 8 nitrogen and oxygen atoms in total. The van der Waals surface area contributed by atoms with Crippen molar-refractivity contribution in [2.24, 2.45) is 0 Å². The molecule has 0 saturated heterocycles. The molecule has 118 valence electrons. The molecule has 8 heteroatoms. The van der Waals surface area contributed by atoms with Gasteiger partial charge in [0.25, 0.3) is 5.91 Å². The first kappa shape index (κ1) is 13.9. The lowest BCUT2D eigenvalue weighted by atomic mass is 10.1. The Morgan fingerprint density at radius 2 is 2.35 bits per heavy atom. The average Bonchev–Trinajstić information content (AvgIpc) is 3.18. The average molecular weight is 311 g/mol. The minimum absolute atomic E-state index is 0.0648. The quantitative estimate of drug-likeness (QED) is 0.766.